The van der Waals surface area contributed by atoms with Gasteiger partial charge in [-0.15, -0.1) is 6.58 Å². The van der Waals surface area contributed by atoms with E-state index in [9.17, 15) is 13.2 Å². The van der Waals surface area contributed by atoms with Gasteiger partial charge in [0, 0.05) is 0 Å². The Morgan fingerprint density at radius 2 is 1.81 bits per heavy atom. The molecule has 0 bridgehead atoms. The van der Waals surface area contributed by atoms with E-state index in [4.69, 9.17) is 21.6 Å². The number of sulfonamides is 1. The lowest BCUT2D eigenvalue weighted by Crippen LogP contribution is -2.31. The van der Waals surface area contributed by atoms with Crippen LogP contribution in [0.15, 0.2) is 90.3 Å². The number of para-hydroxylation sites is 1. The number of esters is 1. The van der Waals surface area contributed by atoms with Crippen LogP contribution in [0.3, 0.4) is 0 Å². The normalized spacial score (nSPS) is 10.7. The minimum atomic E-state index is -4.04. The zero-order valence-electron chi connectivity index (χ0n) is 16.2. The van der Waals surface area contributed by atoms with Crippen molar-refractivity contribution in [2.75, 3.05) is 10.8 Å². The average molecular weight is 453 g/mol. The SMILES string of the molecule is C=CCN(c1ccccc1Cl)S(=O)(=O)c1cccc(C(=O)Oc2ccc(C#N)cc2)c1. The van der Waals surface area contributed by atoms with Crippen LogP contribution in [0.2, 0.25) is 5.02 Å². The number of benzene rings is 3. The highest BCUT2D eigenvalue weighted by atomic mass is 35.5. The predicted octanol–water partition coefficient (Wildman–Crippen LogP) is 4.81. The second-order valence-corrected chi connectivity index (χ2v) is 8.60. The summed E-state index contributed by atoms with van der Waals surface area (Å²) < 4.78 is 33.0. The van der Waals surface area contributed by atoms with Crippen molar-refractivity contribution < 1.29 is 17.9 Å². The number of halogens is 1. The smallest absolute Gasteiger partial charge is 0.343 e. The molecule has 8 heteroatoms. The van der Waals surface area contributed by atoms with E-state index in [0.29, 0.717) is 11.3 Å². The van der Waals surface area contributed by atoms with Crippen molar-refractivity contribution in [3.8, 4) is 11.8 Å². The van der Waals surface area contributed by atoms with Gasteiger partial charge in [-0.2, -0.15) is 5.26 Å². The molecule has 3 aromatic rings. The fourth-order valence-electron chi connectivity index (χ4n) is 2.77. The molecule has 0 unspecified atom stereocenters. The highest BCUT2D eigenvalue weighted by molar-refractivity contribution is 7.92. The van der Waals surface area contributed by atoms with E-state index >= 15 is 0 Å². The van der Waals surface area contributed by atoms with Crippen LogP contribution < -0.4 is 9.04 Å². The summed E-state index contributed by atoms with van der Waals surface area (Å²) in [4.78, 5) is 12.4. The molecular weight excluding hydrogens is 436 g/mol. The first kappa shape index (κ1) is 22.1. The van der Waals surface area contributed by atoms with Crippen LogP contribution in [0.4, 0.5) is 5.69 Å². The fourth-order valence-corrected chi connectivity index (χ4v) is 4.56. The van der Waals surface area contributed by atoms with Crippen LogP contribution in [0.5, 0.6) is 5.75 Å². The zero-order chi connectivity index (χ0) is 22.4. The van der Waals surface area contributed by atoms with Gasteiger partial charge in [0.05, 0.1) is 39.3 Å². The van der Waals surface area contributed by atoms with Crippen LogP contribution in [-0.2, 0) is 10.0 Å². The molecule has 0 heterocycles. The molecule has 0 saturated heterocycles. The van der Waals surface area contributed by atoms with Crippen molar-refractivity contribution in [3.05, 3.63) is 102 Å². The molecule has 3 aromatic carbocycles. The van der Waals surface area contributed by atoms with Crippen molar-refractivity contribution in [1.82, 2.24) is 0 Å². The van der Waals surface area contributed by atoms with Gasteiger partial charge in [-0.1, -0.05) is 35.9 Å². The number of nitrogens with zero attached hydrogens (tertiary/aromatic N) is 2. The van der Waals surface area contributed by atoms with Gasteiger partial charge in [0.2, 0.25) is 0 Å². The Morgan fingerprint density at radius 1 is 1.10 bits per heavy atom. The Hall–Kier alpha value is -3.60. The summed E-state index contributed by atoms with van der Waals surface area (Å²) in [6.07, 6.45) is 1.45. The van der Waals surface area contributed by atoms with Crippen LogP contribution in [0, 0.1) is 11.3 Å². The van der Waals surface area contributed by atoms with Crippen LogP contribution in [-0.4, -0.2) is 20.9 Å². The number of hydrogen-bond donors (Lipinski definition) is 0. The van der Waals surface area contributed by atoms with Gasteiger partial charge in [-0.25, -0.2) is 13.2 Å². The first-order valence-electron chi connectivity index (χ1n) is 9.07. The van der Waals surface area contributed by atoms with E-state index in [2.05, 4.69) is 6.58 Å². The number of carbonyl (C=O) groups excluding carboxylic acids is 1. The third-order valence-corrected chi connectivity index (χ3v) is 6.36. The maximum Gasteiger partial charge on any atom is 0.343 e. The van der Waals surface area contributed by atoms with Crippen LogP contribution in [0.25, 0.3) is 0 Å². The third kappa shape index (κ3) is 4.94. The molecule has 0 N–H and O–H groups in total. The molecule has 0 aliphatic carbocycles. The summed E-state index contributed by atoms with van der Waals surface area (Å²) in [6, 6.07) is 20.1. The lowest BCUT2D eigenvalue weighted by molar-refractivity contribution is 0.0734. The molecular formula is C23H17ClN2O4S. The number of rotatable bonds is 7. The second kappa shape index (κ2) is 9.47. The quantitative estimate of drug-likeness (QED) is 0.291. The van der Waals surface area contributed by atoms with Crippen molar-refractivity contribution >= 4 is 33.3 Å². The number of anilines is 1. The van der Waals surface area contributed by atoms with Crippen molar-refractivity contribution in [2.24, 2.45) is 0 Å². The largest absolute Gasteiger partial charge is 0.423 e. The van der Waals surface area contributed by atoms with E-state index < -0.39 is 16.0 Å². The van der Waals surface area contributed by atoms with Crippen molar-refractivity contribution in [3.63, 3.8) is 0 Å². The van der Waals surface area contributed by atoms with Gasteiger partial charge < -0.3 is 4.74 Å². The molecule has 6 nitrogen and oxygen atoms in total. The number of nitriles is 1. The zero-order valence-corrected chi connectivity index (χ0v) is 17.8. The molecule has 0 radical (unpaired) electrons. The molecule has 0 aliphatic rings. The number of carbonyl (C=O) groups is 1. The van der Waals surface area contributed by atoms with Gasteiger partial charge in [0.25, 0.3) is 10.0 Å². The fraction of sp³-hybridized carbons (Fsp3) is 0.0435. The minimum absolute atomic E-state index is 0.00795. The molecule has 0 aliphatic heterocycles. The van der Waals surface area contributed by atoms with Gasteiger partial charge in [-0.05, 0) is 54.6 Å². The summed E-state index contributed by atoms with van der Waals surface area (Å²) in [5.74, 6) is -0.489. The second-order valence-electron chi connectivity index (χ2n) is 6.33. The Morgan fingerprint density at radius 3 is 2.45 bits per heavy atom. The van der Waals surface area contributed by atoms with E-state index in [0.717, 1.165) is 4.31 Å². The Kier molecular flexibility index (Phi) is 6.75. The molecule has 0 spiro atoms. The first-order valence-corrected chi connectivity index (χ1v) is 10.9. The molecule has 0 saturated carbocycles. The summed E-state index contributed by atoms with van der Waals surface area (Å²) in [5, 5.41) is 9.11. The van der Waals surface area contributed by atoms with Gasteiger partial charge >= 0.3 is 5.97 Å². The first-order chi connectivity index (χ1) is 14.9. The van der Waals surface area contributed by atoms with Crippen LogP contribution in [0.1, 0.15) is 15.9 Å². The molecule has 0 aromatic heterocycles. The lowest BCUT2D eigenvalue weighted by Gasteiger charge is -2.24. The Labute approximate surface area is 185 Å². The van der Waals surface area contributed by atoms with Crippen molar-refractivity contribution in [1.29, 1.82) is 5.26 Å². The third-order valence-electron chi connectivity index (χ3n) is 4.27. The monoisotopic (exact) mass is 452 g/mol. The van der Waals surface area contributed by atoms with E-state index in [-0.39, 0.29) is 27.8 Å². The van der Waals surface area contributed by atoms with Gasteiger partial charge in [0.15, 0.2) is 0 Å². The highest BCUT2D eigenvalue weighted by Crippen LogP contribution is 2.30. The summed E-state index contributed by atoms with van der Waals surface area (Å²) in [7, 11) is -4.04. The minimum Gasteiger partial charge on any atom is -0.423 e. The molecule has 156 valence electrons. The molecule has 3 rings (SSSR count). The van der Waals surface area contributed by atoms with Crippen LogP contribution >= 0.6 is 11.6 Å². The topological polar surface area (TPSA) is 87.5 Å². The Balaban J connectivity index is 1.92. The maximum atomic E-state index is 13.3. The highest BCUT2D eigenvalue weighted by Gasteiger charge is 2.26. The predicted molar refractivity (Wildman–Crippen MR) is 119 cm³/mol. The summed E-state index contributed by atoms with van der Waals surface area (Å²) in [5.41, 5.74) is 0.785. The van der Waals surface area contributed by atoms with Gasteiger partial charge in [-0.3, -0.25) is 4.31 Å². The molecule has 0 amide bonds. The standard InChI is InChI=1S/C23H17ClN2O4S/c1-2-14-26(22-9-4-3-8-21(22)24)31(28,29)20-7-5-6-18(15-20)23(27)30-19-12-10-17(16-25)11-13-19/h2-13,15H,1,14H2. The summed E-state index contributed by atoms with van der Waals surface area (Å²) in [6.45, 7) is 3.62. The van der Waals surface area contributed by atoms with Crippen molar-refractivity contribution in [2.45, 2.75) is 4.90 Å². The lowest BCUT2D eigenvalue weighted by atomic mass is 10.2. The van der Waals surface area contributed by atoms with E-state index in [1.165, 1.54) is 54.6 Å². The average Bonchev–Trinajstić information content (AvgIpc) is 2.78. The van der Waals surface area contributed by atoms with Gasteiger partial charge in [0.1, 0.15) is 5.75 Å². The molecule has 31 heavy (non-hydrogen) atoms. The maximum absolute atomic E-state index is 13.3. The Bertz CT molecular complexity index is 1270. The van der Waals surface area contributed by atoms with E-state index in [1.54, 1.807) is 24.3 Å². The van der Waals surface area contributed by atoms with E-state index in [1.807, 2.05) is 6.07 Å². The molecule has 0 atom stereocenters. The molecule has 0 fully saturated rings. The summed E-state index contributed by atoms with van der Waals surface area (Å²) >= 11 is 6.21. The number of ether oxygens (including phenoxy) is 1. The number of hydrogen-bond acceptors (Lipinski definition) is 5.